The first kappa shape index (κ1) is 86.8. The fourth-order valence-corrected chi connectivity index (χ4v) is 22.0. The van der Waals surface area contributed by atoms with Crippen LogP contribution in [0.2, 0.25) is 0 Å². The monoisotopic (exact) mass is 2000 g/mol. The van der Waals surface area contributed by atoms with Crippen molar-refractivity contribution in [2.75, 3.05) is 63.4 Å². The third kappa shape index (κ3) is 16.0. The molecule has 150 heavy (non-hydrogen) atoms. The second-order valence-corrected chi connectivity index (χ2v) is 39.6. The number of hydrogen-bond donors (Lipinski definition) is 1. The van der Waals surface area contributed by atoms with Crippen molar-refractivity contribution in [1.82, 2.24) is 69.6 Å². The van der Waals surface area contributed by atoms with E-state index in [0.29, 0.717) is 80.6 Å². The molecular weight excluding hydrogens is 1870 g/mol. The molecule has 756 valence electrons. The molecule has 7 atom stereocenters. The highest BCUT2D eigenvalue weighted by Crippen LogP contribution is 2.54. The molecule has 15 aromatic heterocycles. The van der Waals surface area contributed by atoms with Crippen LogP contribution in [0.15, 0.2) is 277 Å². The first-order valence-corrected chi connectivity index (χ1v) is 50.5. The Balaban J connectivity index is 0.000000103. The summed E-state index contributed by atoms with van der Waals surface area (Å²) in [5.41, 5.74) is 26.3. The predicted octanol–water partition coefficient (Wildman–Crippen LogP) is 28.2. The normalized spacial score (nSPS) is 18.5. The van der Waals surface area contributed by atoms with Crippen LogP contribution in [0.3, 0.4) is 0 Å². The van der Waals surface area contributed by atoms with Crippen molar-refractivity contribution < 1.29 is 37.5 Å². The molecular formula is C120H120N24O6. The summed E-state index contributed by atoms with van der Waals surface area (Å²) < 4.78 is 102. The fourth-order valence-electron chi connectivity index (χ4n) is 22.0. The zero-order valence-corrected chi connectivity index (χ0v) is 87.4. The SMILES string of the molecule is Cc1ccc2c(n1)oc1c(N3C=CN(C(C)C)C3C)c(C)ccc12.Cc1ccc2c(n1)oc1c(N3C=CN(C)C3C)c(C)ccc12.Cc1ccc2c(n1)oc1c(N3c4ccccc4NC3C)c(C)ccc12.[2H]C(C)(C)N1c2nccnc2N(c2c(C)ccc3c2oc2ncccc23)C1C.[2H]C([2H])([2H])C([2H])(C)N1c2nccnc2N(c2c(C)ccc3c2oc2ncccc23)C1C.[2H]C([2H])([2H])N1c2nccnc2N(c2c(C)ccc3c2oc2ncccc23)C1C. The van der Waals surface area contributed by atoms with Crippen molar-refractivity contribution in [3.05, 3.63) is 301 Å². The number of anilines is 14. The molecule has 21 heterocycles. The summed E-state index contributed by atoms with van der Waals surface area (Å²) in [5.74, 6) is 3.12. The van der Waals surface area contributed by atoms with Crippen LogP contribution in [0.5, 0.6) is 0 Å². The van der Waals surface area contributed by atoms with E-state index in [1.807, 2.05) is 156 Å². The van der Waals surface area contributed by atoms with Gasteiger partial charge in [0.15, 0.2) is 68.4 Å². The molecule has 0 saturated carbocycles. The number of rotatable bonds is 9. The van der Waals surface area contributed by atoms with E-state index in [2.05, 4.69) is 287 Å². The van der Waals surface area contributed by atoms with Gasteiger partial charge in [-0.15, -0.1) is 0 Å². The zero-order chi connectivity index (χ0) is 111. The maximum absolute atomic E-state index is 8.73. The van der Waals surface area contributed by atoms with Crippen LogP contribution in [0.25, 0.3) is 132 Å². The molecule has 6 aliphatic heterocycles. The highest BCUT2D eigenvalue weighted by atomic mass is 16.4. The van der Waals surface area contributed by atoms with Gasteiger partial charge in [0.05, 0.1) is 48.2 Å². The number of aryl methyl sites for hydroxylation is 9. The van der Waals surface area contributed by atoms with Crippen LogP contribution in [0.4, 0.5) is 80.4 Å². The van der Waals surface area contributed by atoms with Crippen molar-refractivity contribution in [2.24, 2.45) is 0 Å². The van der Waals surface area contributed by atoms with Crippen LogP contribution in [-0.4, -0.2) is 139 Å². The van der Waals surface area contributed by atoms with Crippen molar-refractivity contribution >= 4 is 213 Å². The Kier molecular flexibility index (Phi) is 21.9. The van der Waals surface area contributed by atoms with E-state index >= 15 is 0 Å². The van der Waals surface area contributed by atoms with E-state index in [9.17, 15) is 0 Å². The fraction of sp³-hybridized carbons (Fsp3) is 0.267. The summed E-state index contributed by atoms with van der Waals surface area (Å²) in [6, 6.07) is 55.1. The Morgan fingerprint density at radius 1 is 0.300 bits per heavy atom. The van der Waals surface area contributed by atoms with Gasteiger partial charge < -0.3 is 71.0 Å². The third-order valence-corrected chi connectivity index (χ3v) is 29.4. The summed E-state index contributed by atoms with van der Waals surface area (Å²) in [5, 5.41) is 15.8. The summed E-state index contributed by atoms with van der Waals surface area (Å²) in [7, 11) is 2.08. The van der Waals surface area contributed by atoms with Crippen LogP contribution in [0, 0.1) is 62.3 Å². The minimum atomic E-state index is -2.56. The lowest BCUT2D eigenvalue weighted by molar-refractivity contribution is 0.263. The van der Waals surface area contributed by atoms with Crippen LogP contribution < -0.4 is 49.4 Å². The molecule has 0 saturated heterocycles. The van der Waals surface area contributed by atoms with E-state index < -0.39 is 38.2 Å². The van der Waals surface area contributed by atoms with Crippen LogP contribution in [0.1, 0.15) is 144 Å². The van der Waals surface area contributed by atoms with E-state index in [0.717, 1.165) is 166 Å². The van der Waals surface area contributed by atoms with Gasteiger partial charge in [0, 0.05) is 203 Å². The Morgan fingerprint density at radius 3 is 1.00 bits per heavy atom. The first-order valence-electron chi connectivity index (χ1n) is 54.5. The average molecular weight is 2000 g/mol. The highest BCUT2D eigenvalue weighted by Gasteiger charge is 2.44. The lowest BCUT2D eigenvalue weighted by Crippen LogP contribution is -2.42. The van der Waals surface area contributed by atoms with Gasteiger partial charge in [0.25, 0.3) is 0 Å². The second-order valence-electron chi connectivity index (χ2n) is 39.6. The lowest BCUT2D eigenvalue weighted by Gasteiger charge is -2.33. The van der Waals surface area contributed by atoms with Gasteiger partial charge in [-0.25, -0.2) is 59.8 Å². The van der Waals surface area contributed by atoms with Gasteiger partial charge in [0.2, 0.25) is 34.3 Å². The molecule has 7 unspecified atom stereocenters. The molecule has 22 aromatic rings. The number of nitrogens with zero attached hydrogens (tertiary/aromatic N) is 23. The largest absolute Gasteiger partial charge is 0.435 e. The van der Waals surface area contributed by atoms with Gasteiger partial charge in [-0.2, -0.15) is 0 Å². The van der Waals surface area contributed by atoms with Gasteiger partial charge in [-0.3, -0.25) is 14.7 Å². The topological polar surface area (TPSA) is 281 Å². The van der Waals surface area contributed by atoms with E-state index in [1.165, 1.54) is 51.5 Å². The summed E-state index contributed by atoms with van der Waals surface area (Å²) in [6.45, 7) is 35.3. The Hall–Kier alpha value is -17.4. The Bertz CT molecular complexity index is 9330. The first-order chi connectivity index (χ1) is 75.5. The molecule has 30 heteroatoms. The number of pyridine rings is 6. The number of fused-ring (bicyclic) bond motifs is 22. The van der Waals surface area contributed by atoms with E-state index in [1.54, 1.807) is 43.4 Å². The molecule has 28 rings (SSSR count). The molecule has 0 spiro atoms. The zero-order valence-electron chi connectivity index (χ0n) is 95.4. The molecule has 0 radical (unpaired) electrons. The molecule has 1 N–H and O–H groups in total. The second kappa shape index (κ2) is 37.8. The van der Waals surface area contributed by atoms with Crippen LogP contribution in [-0.2, 0) is 0 Å². The summed E-state index contributed by atoms with van der Waals surface area (Å²) in [4.78, 5) is 75.6. The smallest absolute Gasteiger partial charge is 0.227 e. The van der Waals surface area contributed by atoms with E-state index in [4.69, 9.17) is 37.5 Å². The highest BCUT2D eigenvalue weighted by molar-refractivity contribution is 6.15. The number of benzene rings is 7. The third-order valence-electron chi connectivity index (χ3n) is 29.4. The number of nitrogens with one attached hydrogen (secondary N) is 1. The minimum absolute atomic E-state index is 0.143. The summed E-state index contributed by atoms with van der Waals surface area (Å²) >= 11 is 0. The standard InChI is InChI=1S/2C21H21N5O.C21H19N3O.C20H23N3O.C19H17N5O.C18H19N3O/c2*1-12(2)25-14(4)26(20-19(25)22-10-11-23-20)17-13(3)7-8-15-16-6-5-9-24-21(16)27-18(15)17;1-12-8-10-15-16-11-9-13(2)22-21(16)25-20(15)19(12)24-14(3)23-17-6-4-5-7-18(17)24;1-12(2)22-10-11-23(15(22)5)18-13(3)6-8-16-17-9-7-14(4)21-20(17)24-19(16)18;1-11-6-7-13-14-5-4-8-22-19(14)25-16(13)15(11)24-12(2)23(3)17-18(24)21-10-9-20-17;1-11-5-7-14-15-8-6-12(2)19-18(15)22-17(14)16(11)21-10-9-20(4)13(21)3/h2*5-12,14H,1-4H3;4-11,14,23H,1-3H3;6-12,15H,1-5H3;4-10,12H,1-3H3;5-10,13H,1-4H3/i1D3,12D;12D;;;3D3;. The van der Waals surface area contributed by atoms with Crippen molar-refractivity contribution in [3.8, 4) is 0 Å². The molecule has 7 aromatic carbocycles. The average Bonchev–Trinajstić information content (AvgIpc) is 1.56. The minimum Gasteiger partial charge on any atom is -0.435 e. The molecule has 0 aliphatic carbocycles. The maximum atomic E-state index is 8.73. The molecule has 0 fully saturated rings. The maximum Gasteiger partial charge on any atom is 0.227 e. The molecule has 30 nitrogen and oxygen atoms in total. The number of furan rings is 6. The predicted molar refractivity (Wildman–Crippen MR) is 605 cm³/mol. The van der Waals surface area contributed by atoms with Gasteiger partial charge in [-0.05, 0) is 264 Å². The molecule has 0 amide bonds. The van der Waals surface area contributed by atoms with Gasteiger partial charge >= 0.3 is 0 Å². The molecule has 0 bridgehead atoms. The molecule has 6 aliphatic rings. The number of hydrogen-bond acceptors (Lipinski definition) is 30. The Labute approximate surface area is 879 Å². The van der Waals surface area contributed by atoms with Gasteiger partial charge in [0.1, 0.15) is 37.0 Å². The van der Waals surface area contributed by atoms with Gasteiger partial charge in [-0.1, -0.05) is 84.9 Å². The van der Waals surface area contributed by atoms with Crippen molar-refractivity contribution in [3.63, 3.8) is 0 Å². The quantitative estimate of drug-likeness (QED) is 0.140. The Morgan fingerprint density at radius 2 is 0.627 bits per heavy atom. The lowest BCUT2D eigenvalue weighted by atomic mass is 10.1. The summed E-state index contributed by atoms with van der Waals surface area (Å²) in [6.07, 6.45) is 22.6. The number of para-hydroxylation sites is 2. The van der Waals surface area contributed by atoms with E-state index in [-0.39, 0.29) is 24.7 Å². The number of aromatic nitrogens is 12. The van der Waals surface area contributed by atoms with Crippen LogP contribution >= 0.6 is 0 Å². The van der Waals surface area contributed by atoms with Crippen molar-refractivity contribution in [2.45, 2.75) is 200 Å². The van der Waals surface area contributed by atoms with Crippen molar-refractivity contribution in [1.29, 1.82) is 0 Å².